The summed E-state index contributed by atoms with van der Waals surface area (Å²) in [6, 6.07) is 8.42. The molecule has 1 aromatic rings. The Balaban J connectivity index is 2.35. The fourth-order valence-electron chi connectivity index (χ4n) is 1.13. The minimum absolute atomic E-state index is 0.237. The van der Waals surface area contributed by atoms with Gasteiger partial charge in [-0.25, -0.2) is 0 Å². The monoisotopic (exact) mass is 340 g/mol. The van der Waals surface area contributed by atoms with Gasteiger partial charge in [0.15, 0.2) is 0 Å². The normalized spacial score (nSPS) is 10.5. The van der Waals surface area contributed by atoms with E-state index in [0.29, 0.717) is 13.2 Å². The van der Waals surface area contributed by atoms with Crippen LogP contribution in [0.25, 0.3) is 0 Å². The van der Waals surface area contributed by atoms with Crippen molar-refractivity contribution in [2.24, 2.45) is 0 Å². The smallest absolute Gasteiger partial charge is 0.121 e. The summed E-state index contributed by atoms with van der Waals surface area (Å²) in [5.41, 5.74) is 2.32. The van der Waals surface area contributed by atoms with E-state index in [9.17, 15) is 0 Å². The van der Waals surface area contributed by atoms with Gasteiger partial charge in [0.1, 0.15) is 6.07 Å². The summed E-state index contributed by atoms with van der Waals surface area (Å²) in [7, 11) is 0. The van der Waals surface area contributed by atoms with Crippen LogP contribution in [-0.4, -0.2) is 17.1 Å². The molecule has 0 aliphatic carbocycles. The van der Waals surface area contributed by atoms with Crippen molar-refractivity contribution in [3.05, 3.63) is 35.4 Å². The molecule has 0 atom stereocenters. The van der Waals surface area contributed by atoms with Crippen LogP contribution in [0.15, 0.2) is 24.3 Å². The fraction of sp³-hybridized carbons (Fsp3) is 0.455. The Hall–Kier alpha value is 0.160. The molecule has 0 saturated carbocycles. The molecule has 0 saturated heterocycles. The summed E-state index contributed by atoms with van der Waals surface area (Å²) in [6.45, 7) is 2.05. The van der Waals surface area contributed by atoms with Crippen LogP contribution < -0.4 is 0 Å². The van der Waals surface area contributed by atoms with Gasteiger partial charge in [-0.2, -0.15) is 0 Å². The Kier molecular flexibility index (Phi) is 7.34. The van der Waals surface area contributed by atoms with E-state index in [0.717, 1.165) is 16.6 Å². The number of benzene rings is 1. The molecule has 0 bridgehead atoms. The van der Waals surface area contributed by atoms with E-state index < -0.39 is 0 Å². The molecule has 0 unspecified atom stereocenters. The van der Waals surface area contributed by atoms with Gasteiger partial charge in [0.05, 0.1) is 19.8 Å². The Morgan fingerprint density at radius 3 is 2.00 bits per heavy atom. The van der Waals surface area contributed by atoms with Gasteiger partial charge in [-0.3, -0.25) is 0 Å². The maximum atomic E-state index is 5.43. The van der Waals surface area contributed by atoms with Crippen molar-refractivity contribution in [1.29, 1.82) is 0 Å². The maximum absolute atomic E-state index is 5.43. The minimum Gasteiger partial charge on any atom is -0.376 e. The highest BCUT2D eigenvalue weighted by atomic mass is 127. The molecule has 0 N–H and O–H groups in total. The zero-order valence-corrected chi connectivity index (χ0v) is 11.3. The highest BCUT2D eigenvalue weighted by Gasteiger charge is 1.95. The van der Waals surface area contributed by atoms with E-state index in [4.69, 9.17) is 21.1 Å². The van der Waals surface area contributed by atoms with Crippen molar-refractivity contribution in [2.75, 3.05) is 17.1 Å². The molecule has 2 nitrogen and oxygen atoms in total. The lowest BCUT2D eigenvalue weighted by Crippen LogP contribution is -1.96. The lowest BCUT2D eigenvalue weighted by atomic mass is 10.1. The first-order chi connectivity index (χ1) is 7.36. The second kappa shape index (κ2) is 8.33. The average Bonchev–Trinajstić information content (AvgIpc) is 2.28. The quantitative estimate of drug-likeness (QED) is 0.430. The highest BCUT2D eigenvalue weighted by molar-refractivity contribution is 14.1. The van der Waals surface area contributed by atoms with Gasteiger partial charge in [0.25, 0.3) is 0 Å². The Bertz CT molecular complexity index is 264. The number of ether oxygens (including phenoxy) is 2. The zero-order valence-electron chi connectivity index (χ0n) is 8.42. The van der Waals surface area contributed by atoms with Crippen molar-refractivity contribution in [1.82, 2.24) is 0 Å². The average molecular weight is 341 g/mol. The summed E-state index contributed by atoms with van der Waals surface area (Å²) in [5, 5.41) is 0. The second-order valence-corrected chi connectivity index (χ2v) is 4.31. The summed E-state index contributed by atoms with van der Waals surface area (Å²) < 4.78 is 11.5. The summed E-state index contributed by atoms with van der Waals surface area (Å²) in [6.07, 6.45) is 0. The van der Waals surface area contributed by atoms with Crippen LogP contribution in [0.3, 0.4) is 0 Å². The first-order valence-electron chi connectivity index (χ1n) is 4.72. The van der Waals surface area contributed by atoms with Gasteiger partial charge in [0.2, 0.25) is 0 Å². The molecule has 0 aliphatic heterocycles. The third kappa shape index (κ3) is 5.70. The lowest BCUT2D eigenvalue weighted by Gasteiger charge is -2.04. The Labute approximate surface area is 109 Å². The van der Waals surface area contributed by atoms with Gasteiger partial charge in [0, 0.05) is 4.43 Å². The van der Waals surface area contributed by atoms with E-state index in [1.165, 1.54) is 5.56 Å². The standard InChI is InChI=1S/C11H14ClIO2/c12-9-15-8-11-3-1-10(2-4-11)7-14-6-5-13/h1-4H,5-9H2. The molecule has 0 heterocycles. The molecule has 0 aromatic heterocycles. The molecular weight excluding hydrogens is 326 g/mol. The van der Waals surface area contributed by atoms with E-state index in [1.54, 1.807) is 0 Å². The maximum Gasteiger partial charge on any atom is 0.121 e. The van der Waals surface area contributed by atoms with Crippen LogP contribution in [0.4, 0.5) is 0 Å². The van der Waals surface area contributed by atoms with E-state index in [2.05, 4.69) is 34.7 Å². The predicted molar refractivity (Wildman–Crippen MR) is 70.5 cm³/mol. The number of hydrogen-bond acceptors (Lipinski definition) is 2. The fourth-order valence-corrected chi connectivity index (χ4v) is 1.52. The van der Waals surface area contributed by atoms with Crippen LogP contribution in [0.1, 0.15) is 11.1 Å². The number of alkyl halides is 2. The van der Waals surface area contributed by atoms with Crippen molar-refractivity contribution < 1.29 is 9.47 Å². The Morgan fingerprint density at radius 1 is 1.00 bits per heavy atom. The lowest BCUT2D eigenvalue weighted by molar-refractivity contribution is 0.138. The van der Waals surface area contributed by atoms with Crippen LogP contribution in [0.2, 0.25) is 0 Å². The zero-order chi connectivity index (χ0) is 10.9. The van der Waals surface area contributed by atoms with Gasteiger partial charge in [-0.1, -0.05) is 58.5 Å². The molecule has 0 fully saturated rings. The molecule has 0 aliphatic rings. The number of halogens is 2. The molecule has 0 amide bonds. The molecule has 15 heavy (non-hydrogen) atoms. The van der Waals surface area contributed by atoms with Crippen LogP contribution in [-0.2, 0) is 22.7 Å². The van der Waals surface area contributed by atoms with Crippen LogP contribution in [0.5, 0.6) is 0 Å². The van der Waals surface area contributed by atoms with E-state index in [-0.39, 0.29) is 6.07 Å². The van der Waals surface area contributed by atoms with Crippen molar-refractivity contribution in [2.45, 2.75) is 13.2 Å². The first kappa shape index (κ1) is 13.2. The molecule has 0 radical (unpaired) electrons. The first-order valence-corrected chi connectivity index (χ1v) is 6.78. The van der Waals surface area contributed by atoms with Crippen LogP contribution >= 0.6 is 34.2 Å². The highest BCUT2D eigenvalue weighted by Crippen LogP contribution is 2.07. The Morgan fingerprint density at radius 2 is 1.53 bits per heavy atom. The third-order valence-corrected chi connectivity index (χ3v) is 2.45. The third-order valence-electron chi connectivity index (χ3n) is 1.86. The van der Waals surface area contributed by atoms with E-state index in [1.807, 2.05) is 12.1 Å². The summed E-state index contributed by atoms with van der Waals surface area (Å²) in [4.78, 5) is 0. The van der Waals surface area contributed by atoms with Crippen molar-refractivity contribution in [3.63, 3.8) is 0 Å². The molecule has 0 spiro atoms. The van der Waals surface area contributed by atoms with Gasteiger partial charge in [-0.15, -0.1) is 0 Å². The summed E-state index contributed by atoms with van der Waals surface area (Å²) >= 11 is 7.72. The van der Waals surface area contributed by atoms with Crippen molar-refractivity contribution >= 4 is 34.2 Å². The van der Waals surface area contributed by atoms with E-state index >= 15 is 0 Å². The number of hydrogen-bond donors (Lipinski definition) is 0. The molecule has 4 heteroatoms. The largest absolute Gasteiger partial charge is 0.376 e. The molecule has 84 valence electrons. The number of rotatable bonds is 7. The van der Waals surface area contributed by atoms with Gasteiger partial charge < -0.3 is 9.47 Å². The van der Waals surface area contributed by atoms with Crippen LogP contribution in [0, 0.1) is 0 Å². The molecule has 1 rings (SSSR count). The molecular formula is C11H14ClIO2. The SMILES string of the molecule is ClCOCc1ccc(COCCI)cc1. The molecule has 1 aromatic carbocycles. The second-order valence-electron chi connectivity index (χ2n) is 3.02. The van der Waals surface area contributed by atoms with Gasteiger partial charge in [-0.05, 0) is 11.1 Å². The van der Waals surface area contributed by atoms with Crippen molar-refractivity contribution in [3.8, 4) is 0 Å². The predicted octanol–water partition coefficient (Wildman–Crippen LogP) is 3.35. The summed E-state index contributed by atoms with van der Waals surface area (Å²) in [5.74, 6) is 0. The topological polar surface area (TPSA) is 18.5 Å². The van der Waals surface area contributed by atoms with Gasteiger partial charge >= 0.3 is 0 Å². The minimum atomic E-state index is 0.237.